The Labute approximate surface area is 177 Å². The molecule has 1 aliphatic heterocycles. The van der Waals surface area contributed by atoms with Crippen LogP contribution >= 0.6 is 0 Å². The van der Waals surface area contributed by atoms with Crippen LogP contribution in [0.2, 0.25) is 0 Å². The number of nitrogens with zero attached hydrogens (tertiary/aromatic N) is 2. The molecule has 1 aliphatic rings. The number of imide groups is 1. The molecule has 0 unspecified atom stereocenters. The van der Waals surface area contributed by atoms with E-state index in [4.69, 9.17) is 14.2 Å². The minimum Gasteiger partial charge on any atom is -0.488 e. The van der Waals surface area contributed by atoms with E-state index in [0.29, 0.717) is 16.5 Å². The van der Waals surface area contributed by atoms with Gasteiger partial charge in [0.2, 0.25) is 0 Å². The van der Waals surface area contributed by atoms with E-state index in [-0.39, 0.29) is 42.6 Å². The Kier molecular flexibility index (Phi) is 5.64. The molecule has 2 heterocycles. The molecule has 158 valence electrons. The highest BCUT2D eigenvalue weighted by atomic mass is 19.1. The van der Waals surface area contributed by atoms with Crippen molar-refractivity contribution >= 4 is 22.7 Å². The van der Waals surface area contributed by atoms with Crippen molar-refractivity contribution in [3.05, 3.63) is 77.8 Å². The number of halogens is 1. The van der Waals surface area contributed by atoms with Gasteiger partial charge in [-0.05, 0) is 29.8 Å². The number of methoxy groups -OCH3 is 1. The number of amides is 2. The topological polar surface area (TPSA) is 78.0 Å². The van der Waals surface area contributed by atoms with Crippen LogP contribution in [0.3, 0.4) is 0 Å². The van der Waals surface area contributed by atoms with Gasteiger partial charge in [0.05, 0.1) is 12.1 Å². The van der Waals surface area contributed by atoms with Crippen molar-refractivity contribution in [2.45, 2.75) is 6.54 Å². The van der Waals surface area contributed by atoms with Crippen LogP contribution in [0.15, 0.2) is 55.3 Å². The molecule has 2 aromatic carbocycles. The first-order chi connectivity index (χ1) is 15.1. The molecule has 1 aromatic heterocycles. The largest absolute Gasteiger partial charge is 0.488 e. The molecule has 2 amide bonds. The Morgan fingerprint density at radius 2 is 1.77 bits per heavy atom. The minimum atomic E-state index is -0.550. The summed E-state index contributed by atoms with van der Waals surface area (Å²) in [5, 5.41) is 0.527. The predicted octanol–water partition coefficient (Wildman–Crippen LogP) is 3.72. The van der Waals surface area contributed by atoms with E-state index in [2.05, 4.69) is 11.6 Å². The van der Waals surface area contributed by atoms with Gasteiger partial charge in [-0.1, -0.05) is 24.8 Å². The maximum absolute atomic E-state index is 13.4. The van der Waals surface area contributed by atoms with Crippen LogP contribution in [0, 0.1) is 5.82 Å². The summed E-state index contributed by atoms with van der Waals surface area (Å²) >= 11 is 0. The highest BCUT2D eigenvalue weighted by Crippen LogP contribution is 2.44. The smallest absolute Gasteiger partial charge is 0.265 e. The van der Waals surface area contributed by atoms with Crippen LogP contribution in [0.5, 0.6) is 11.5 Å². The van der Waals surface area contributed by atoms with Crippen LogP contribution in [-0.4, -0.2) is 42.2 Å². The zero-order valence-electron chi connectivity index (χ0n) is 16.8. The second-order valence-corrected chi connectivity index (χ2v) is 6.78. The van der Waals surface area contributed by atoms with Gasteiger partial charge in [-0.3, -0.25) is 19.5 Å². The summed E-state index contributed by atoms with van der Waals surface area (Å²) < 4.78 is 29.8. The number of hydrogen-bond donors (Lipinski definition) is 0. The molecule has 0 N–H and O–H groups in total. The molecule has 0 saturated heterocycles. The molecular weight excluding hydrogens is 403 g/mol. The quantitative estimate of drug-likeness (QED) is 0.313. The van der Waals surface area contributed by atoms with Crippen LogP contribution in [0.25, 0.3) is 10.9 Å². The second kappa shape index (κ2) is 8.53. The Morgan fingerprint density at radius 3 is 2.45 bits per heavy atom. The molecule has 0 radical (unpaired) electrons. The molecule has 0 atom stereocenters. The maximum atomic E-state index is 13.4. The second-order valence-electron chi connectivity index (χ2n) is 6.78. The Morgan fingerprint density at radius 1 is 1.06 bits per heavy atom. The molecular formula is C23H19FN2O5. The van der Waals surface area contributed by atoms with E-state index in [1.807, 2.05) is 0 Å². The highest BCUT2D eigenvalue weighted by Gasteiger charge is 2.43. The number of hydrogen-bond acceptors (Lipinski definition) is 6. The molecule has 0 saturated carbocycles. The average Bonchev–Trinajstić information content (AvgIpc) is 3.02. The number of carbonyl (C=O) groups excluding carboxylic acids is 2. The number of benzene rings is 2. The third-order valence-corrected chi connectivity index (χ3v) is 4.81. The summed E-state index contributed by atoms with van der Waals surface area (Å²) in [6, 6.07) is 9.03. The lowest BCUT2D eigenvalue weighted by atomic mass is 10.0. The van der Waals surface area contributed by atoms with Crippen LogP contribution in [-0.2, 0) is 11.3 Å². The fraction of sp³-hybridized carbons (Fsp3) is 0.174. The van der Waals surface area contributed by atoms with Gasteiger partial charge in [0.25, 0.3) is 11.8 Å². The number of rotatable bonds is 8. The number of fused-ring (bicyclic) bond motifs is 2. The average molecular weight is 422 g/mol. The van der Waals surface area contributed by atoms with E-state index in [9.17, 15) is 14.0 Å². The van der Waals surface area contributed by atoms with Crippen molar-refractivity contribution in [3.63, 3.8) is 0 Å². The molecule has 4 rings (SSSR count). The molecule has 31 heavy (non-hydrogen) atoms. The summed E-state index contributed by atoms with van der Waals surface area (Å²) in [6.45, 7) is 3.62. The molecule has 0 bridgehead atoms. The summed E-state index contributed by atoms with van der Waals surface area (Å²) in [7, 11) is 1.45. The summed E-state index contributed by atoms with van der Waals surface area (Å²) in [5.74, 6) is -1.09. The third kappa shape index (κ3) is 3.62. The van der Waals surface area contributed by atoms with Gasteiger partial charge in [-0.25, -0.2) is 4.39 Å². The maximum Gasteiger partial charge on any atom is 0.265 e. The number of carbonyl (C=O) groups is 2. The Balaban J connectivity index is 1.89. The van der Waals surface area contributed by atoms with Crippen molar-refractivity contribution in [1.29, 1.82) is 0 Å². The zero-order chi connectivity index (χ0) is 22.0. The van der Waals surface area contributed by atoms with Gasteiger partial charge < -0.3 is 14.2 Å². The zero-order valence-corrected chi connectivity index (χ0v) is 16.8. The van der Waals surface area contributed by atoms with Gasteiger partial charge in [-0.15, -0.1) is 0 Å². The predicted molar refractivity (Wildman–Crippen MR) is 111 cm³/mol. The van der Waals surface area contributed by atoms with Gasteiger partial charge in [0.15, 0.2) is 12.5 Å². The van der Waals surface area contributed by atoms with Crippen LogP contribution < -0.4 is 9.47 Å². The highest BCUT2D eigenvalue weighted by molar-refractivity contribution is 6.26. The van der Waals surface area contributed by atoms with Gasteiger partial charge in [-0.2, -0.15) is 0 Å². The molecule has 0 spiro atoms. The summed E-state index contributed by atoms with van der Waals surface area (Å²) in [4.78, 5) is 32.1. The lowest BCUT2D eigenvalue weighted by molar-refractivity contribution is 0.0505. The Bertz CT molecular complexity index is 1180. The molecule has 3 aromatic rings. The van der Waals surface area contributed by atoms with E-state index < -0.39 is 17.6 Å². The van der Waals surface area contributed by atoms with Crippen LogP contribution in [0.1, 0.15) is 26.3 Å². The lowest BCUT2D eigenvalue weighted by Crippen LogP contribution is -2.29. The van der Waals surface area contributed by atoms with E-state index in [1.54, 1.807) is 24.4 Å². The Hall–Kier alpha value is -3.78. The standard InChI is InChI=1S/C23H19FN2O5/c1-3-11-30-20-16-5-4-10-25-19(16)21(31-13-29-2)18-17(20)22(27)26(23(18)28)12-14-6-8-15(24)9-7-14/h3-10H,1,11-13H2,2H3. The third-order valence-electron chi connectivity index (χ3n) is 4.81. The normalized spacial score (nSPS) is 12.9. The van der Waals surface area contributed by atoms with E-state index in [1.165, 1.54) is 31.4 Å². The molecule has 7 nitrogen and oxygen atoms in total. The van der Waals surface area contributed by atoms with Crippen molar-refractivity contribution in [2.75, 3.05) is 20.5 Å². The van der Waals surface area contributed by atoms with E-state index >= 15 is 0 Å². The lowest BCUT2D eigenvalue weighted by Gasteiger charge is -2.15. The fourth-order valence-corrected chi connectivity index (χ4v) is 3.49. The van der Waals surface area contributed by atoms with Gasteiger partial charge in [0, 0.05) is 18.7 Å². The molecule has 8 heteroatoms. The first kappa shape index (κ1) is 20.5. The summed E-state index contributed by atoms with van der Waals surface area (Å²) in [6.07, 6.45) is 3.10. The molecule has 0 fully saturated rings. The number of aromatic nitrogens is 1. The number of pyridine rings is 1. The summed E-state index contributed by atoms with van der Waals surface area (Å²) in [5.41, 5.74) is 1.14. The minimum absolute atomic E-state index is 0.0268. The monoisotopic (exact) mass is 422 g/mol. The van der Waals surface area contributed by atoms with Crippen LogP contribution in [0.4, 0.5) is 4.39 Å². The van der Waals surface area contributed by atoms with Crippen molar-refractivity contribution in [1.82, 2.24) is 9.88 Å². The van der Waals surface area contributed by atoms with Crippen molar-refractivity contribution in [2.24, 2.45) is 0 Å². The van der Waals surface area contributed by atoms with E-state index in [0.717, 1.165) is 4.90 Å². The van der Waals surface area contributed by atoms with Gasteiger partial charge in [0.1, 0.15) is 29.3 Å². The van der Waals surface area contributed by atoms with Crippen molar-refractivity contribution < 1.29 is 28.2 Å². The molecule has 0 aliphatic carbocycles. The SMILES string of the molecule is C=CCOc1c2c(c(OCOC)c3ncccc13)C(=O)N(Cc1ccc(F)cc1)C2=O. The fourth-order valence-electron chi connectivity index (χ4n) is 3.49. The first-order valence-corrected chi connectivity index (χ1v) is 9.47. The first-order valence-electron chi connectivity index (χ1n) is 9.47. The van der Waals surface area contributed by atoms with Gasteiger partial charge >= 0.3 is 0 Å². The van der Waals surface area contributed by atoms with Crippen molar-refractivity contribution in [3.8, 4) is 11.5 Å². The number of ether oxygens (including phenoxy) is 3.